The van der Waals surface area contributed by atoms with E-state index in [4.69, 9.17) is 0 Å². The molecule has 384 valence electrons. The summed E-state index contributed by atoms with van der Waals surface area (Å²) >= 11 is 0. The van der Waals surface area contributed by atoms with Crippen molar-refractivity contribution in [1.82, 2.24) is 38.2 Å². The fourth-order valence-corrected chi connectivity index (χ4v) is 13.5. The molecule has 0 bridgehead atoms. The maximum absolute atomic E-state index is 4.53. The maximum atomic E-state index is 4.53. The average Bonchev–Trinajstić information content (AvgIpc) is 4.29. The van der Waals surface area contributed by atoms with Crippen LogP contribution in [0.5, 0.6) is 0 Å². The van der Waals surface area contributed by atoms with Crippen LogP contribution >= 0.6 is 0 Å². The molecule has 0 radical (unpaired) electrons. The van der Waals surface area contributed by atoms with Gasteiger partial charge in [0.15, 0.2) is 0 Å². The first-order valence-corrected chi connectivity index (χ1v) is 27.8. The molecule has 0 saturated carbocycles. The third kappa shape index (κ3) is 7.82. The molecular weight excluding hydrogens is 989 g/mol. The topological polar surface area (TPSA) is 71.3 Å². The molecule has 0 aliphatic rings. The zero-order chi connectivity index (χ0) is 53.4. The molecule has 0 atom stereocenters. The second-order valence-corrected chi connectivity index (χ2v) is 21.9. The predicted octanol–water partition coefficient (Wildman–Crippen LogP) is 16.9. The van der Waals surface area contributed by atoms with Crippen LogP contribution in [0.25, 0.3) is 110 Å². The summed E-state index contributed by atoms with van der Waals surface area (Å²) < 4.78 is 9.51. The van der Waals surface area contributed by atoms with Gasteiger partial charge in [-0.2, -0.15) is 0 Å². The van der Waals surface area contributed by atoms with E-state index in [2.05, 4.69) is 257 Å². The molecule has 8 nitrogen and oxygen atoms in total. The van der Waals surface area contributed by atoms with Crippen LogP contribution < -0.4 is 0 Å². The monoisotopic (exact) mass is 1040 g/mol. The van der Waals surface area contributed by atoms with Crippen molar-refractivity contribution in [1.29, 1.82) is 0 Å². The SMILES string of the molecule is c1ccc2c(c1)c1cnccc1n2-c1ccc(CC(Cc2ccc(-n3c4ccccc4c4cnccc43)cc2)(Cc2ccc(-n3c4ccccc4c4cnccc43)cc2)Cc2ccc(-n3c4ccccc4c4cnccc43)cc2)cc1. The number of rotatable bonds is 12. The Kier molecular flexibility index (Phi) is 10.9. The fourth-order valence-electron chi connectivity index (χ4n) is 13.5. The Morgan fingerprint density at radius 1 is 0.222 bits per heavy atom. The first-order chi connectivity index (χ1) is 40.1. The predicted molar refractivity (Wildman–Crippen MR) is 332 cm³/mol. The summed E-state index contributed by atoms with van der Waals surface area (Å²) in [6, 6.07) is 80.6. The average molecular weight is 1040 g/mol. The molecule has 16 rings (SSSR count). The van der Waals surface area contributed by atoms with E-state index in [0.29, 0.717) is 0 Å². The molecule has 0 spiro atoms. The number of aromatic nitrogens is 8. The quantitative estimate of drug-likeness (QED) is 0.122. The van der Waals surface area contributed by atoms with E-state index in [1.807, 2.05) is 49.6 Å². The van der Waals surface area contributed by atoms with E-state index in [-0.39, 0.29) is 5.41 Å². The van der Waals surface area contributed by atoms with Crippen molar-refractivity contribution < 1.29 is 0 Å². The van der Waals surface area contributed by atoms with Crippen LogP contribution in [0.4, 0.5) is 0 Å². The molecule has 0 aliphatic carbocycles. The number of para-hydroxylation sites is 4. The van der Waals surface area contributed by atoms with Gasteiger partial charge < -0.3 is 18.3 Å². The normalized spacial score (nSPS) is 12.1. The molecule has 0 amide bonds. The third-order valence-corrected chi connectivity index (χ3v) is 17.0. The number of benzene rings is 8. The van der Waals surface area contributed by atoms with Gasteiger partial charge in [0.2, 0.25) is 0 Å². The van der Waals surface area contributed by atoms with Crippen LogP contribution in [0.1, 0.15) is 22.3 Å². The molecular formula is C73H52N8. The number of pyridine rings is 4. The minimum absolute atomic E-state index is 0.278. The minimum Gasteiger partial charge on any atom is -0.309 e. The highest BCUT2D eigenvalue weighted by Gasteiger charge is 2.33. The molecule has 81 heavy (non-hydrogen) atoms. The Labute approximate surface area is 467 Å². The van der Waals surface area contributed by atoms with E-state index in [1.165, 1.54) is 65.9 Å². The Balaban J connectivity index is 0.834. The Hall–Kier alpha value is -10.4. The van der Waals surface area contributed by atoms with Gasteiger partial charge in [-0.05, 0) is 150 Å². The lowest BCUT2D eigenvalue weighted by molar-refractivity contribution is 0.275. The molecule has 8 aromatic carbocycles. The van der Waals surface area contributed by atoms with Crippen LogP contribution in [0, 0.1) is 5.41 Å². The second-order valence-electron chi connectivity index (χ2n) is 21.9. The van der Waals surface area contributed by atoms with Crippen LogP contribution in [0.3, 0.4) is 0 Å². The molecule has 16 aromatic rings. The standard InChI is InChI=1S/C73H52N8/c1-5-13-65-57(9-1)61-45-74-37-33-69(61)78(65)53-25-17-49(18-26-53)41-73(42-50-19-27-54(28-20-50)79-66-14-6-2-10-58(66)62-46-75-38-34-70(62)79,43-51-21-29-55(30-22-51)80-67-15-7-3-11-59(67)63-47-76-39-35-71(63)80)44-52-23-31-56(32-24-52)81-68-16-8-4-12-60(68)64-48-77-40-36-72(64)81/h1-40,45-48H,41-44H2. The van der Waals surface area contributed by atoms with Gasteiger partial charge in [0.25, 0.3) is 0 Å². The molecule has 8 heterocycles. The number of fused-ring (bicyclic) bond motifs is 12. The Morgan fingerprint density at radius 2 is 0.432 bits per heavy atom. The van der Waals surface area contributed by atoms with Crippen molar-refractivity contribution in [3.63, 3.8) is 0 Å². The van der Waals surface area contributed by atoms with Crippen molar-refractivity contribution in [3.05, 3.63) is 290 Å². The molecule has 0 aliphatic heterocycles. The van der Waals surface area contributed by atoms with Gasteiger partial charge in [-0.15, -0.1) is 0 Å². The van der Waals surface area contributed by atoms with Crippen molar-refractivity contribution in [3.8, 4) is 22.7 Å². The smallest absolute Gasteiger partial charge is 0.0571 e. The highest BCUT2D eigenvalue weighted by molar-refractivity contribution is 6.11. The number of hydrogen-bond acceptors (Lipinski definition) is 4. The summed E-state index contributed by atoms with van der Waals surface area (Å²) in [6.07, 6.45) is 18.9. The summed E-state index contributed by atoms with van der Waals surface area (Å²) in [5.41, 5.74) is 18.7. The summed E-state index contributed by atoms with van der Waals surface area (Å²) in [4.78, 5) is 18.1. The van der Waals surface area contributed by atoms with E-state index in [9.17, 15) is 0 Å². The van der Waals surface area contributed by atoms with Crippen LogP contribution in [0.15, 0.2) is 268 Å². The highest BCUT2D eigenvalue weighted by atomic mass is 15.0. The van der Waals surface area contributed by atoms with E-state index < -0.39 is 0 Å². The van der Waals surface area contributed by atoms with Crippen molar-refractivity contribution in [2.24, 2.45) is 5.41 Å². The van der Waals surface area contributed by atoms with Crippen molar-refractivity contribution in [2.75, 3.05) is 0 Å². The Morgan fingerprint density at radius 3 is 0.667 bits per heavy atom. The third-order valence-electron chi connectivity index (χ3n) is 17.0. The van der Waals surface area contributed by atoms with Crippen molar-refractivity contribution in [2.45, 2.75) is 25.7 Å². The molecule has 8 aromatic heterocycles. The van der Waals surface area contributed by atoms with Gasteiger partial charge in [-0.25, -0.2) is 0 Å². The van der Waals surface area contributed by atoms with Gasteiger partial charge in [0.1, 0.15) is 0 Å². The lowest BCUT2D eigenvalue weighted by Gasteiger charge is -2.36. The molecule has 0 saturated heterocycles. The maximum Gasteiger partial charge on any atom is 0.0571 e. The lowest BCUT2D eigenvalue weighted by Crippen LogP contribution is -2.32. The van der Waals surface area contributed by atoms with Crippen LogP contribution in [-0.4, -0.2) is 38.2 Å². The van der Waals surface area contributed by atoms with E-state index in [0.717, 1.165) is 92.0 Å². The molecule has 0 N–H and O–H groups in total. The van der Waals surface area contributed by atoms with Gasteiger partial charge in [0.05, 0.1) is 44.1 Å². The first kappa shape index (κ1) is 46.6. The van der Waals surface area contributed by atoms with Gasteiger partial charge >= 0.3 is 0 Å². The van der Waals surface area contributed by atoms with Gasteiger partial charge in [-0.3, -0.25) is 19.9 Å². The summed E-state index contributed by atoms with van der Waals surface area (Å²) in [6.45, 7) is 0. The molecule has 0 fully saturated rings. The molecule has 8 heteroatoms. The van der Waals surface area contributed by atoms with Gasteiger partial charge in [-0.1, -0.05) is 121 Å². The second kappa shape index (κ2) is 18.9. The summed E-state index contributed by atoms with van der Waals surface area (Å²) in [5.74, 6) is 0. The minimum atomic E-state index is -0.278. The zero-order valence-corrected chi connectivity index (χ0v) is 44.3. The van der Waals surface area contributed by atoms with E-state index >= 15 is 0 Å². The number of nitrogens with zero attached hydrogens (tertiary/aromatic N) is 8. The molecule has 0 unspecified atom stereocenters. The Bertz CT molecular complexity index is 4190. The van der Waals surface area contributed by atoms with Crippen molar-refractivity contribution >= 4 is 87.2 Å². The number of hydrogen-bond donors (Lipinski definition) is 0. The van der Waals surface area contributed by atoms with Crippen LogP contribution in [-0.2, 0) is 25.7 Å². The zero-order valence-electron chi connectivity index (χ0n) is 44.3. The lowest BCUT2D eigenvalue weighted by atomic mass is 9.68. The van der Waals surface area contributed by atoms with Gasteiger partial charge in [0, 0.05) is 115 Å². The highest BCUT2D eigenvalue weighted by Crippen LogP contribution is 2.41. The largest absolute Gasteiger partial charge is 0.309 e. The fraction of sp³-hybridized carbons (Fsp3) is 0.0685. The van der Waals surface area contributed by atoms with E-state index in [1.54, 1.807) is 0 Å². The first-order valence-electron chi connectivity index (χ1n) is 27.8. The summed E-state index contributed by atoms with van der Waals surface area (Å²) in [7, 11) is 0. The van der Waals surface area contributed by atoms with Crippen LogP contribution in [0.2, 0.25) is 0 Å². The summed E-state index contributed by atoms with van der Waals surface area (Å²) in [5, 5.41) is 9.41.